The van der Waals surface area contributed by atoms with Gasteiger partial charge in [0.15, 0.2) is 0 Å². The summed E-state index contributed by atoms with van der Waals surface area (Å²) >= 11 is 4.25. The quantitative estimate of drug-likeness (QED) is 0.899. The summed E-state index contributed by atoms with van der Waals surface area (Å²) in [4.78, 5) is 0. The lowest BCUT2D eigenvalue weighted by molar-refractivity contribution is 0.525. The maximum atomic E-state index is 3.68. The summed E-state index contributed by atoms with van der Waals surface area (Å²) in [6.45, 7) is 7.76. The van der Waals surface area contributed by atoms with Gasteiger partial charge in [0.1, 0.15) is 0 Å². The van der Waals surface area contributed by atoms with Gasteiger partial charge in [-0.3, -0.25) is 0 Å². The Bertz CT molecular complexity index is 363. The number of nitrogens with one attached hydrogen (secondary N) is 1. The smallest absolute Gasteiger partial charge is 0.0451 e. The number of rotatable bonds is 4. The van der Waals surface area contributed by atoms with Crippen molar-refractivity contribution in [2.45, 2.75) is 37.3 Å². The van der Waals surface area contributed by atoms with Crippen LogP contribution in [-0.4, -0.2) is 28.6 Å². The maximum Gasteiger partial charge on any atom is 0.0451 e. The van der Waals surface area contributed by atoms with E-state index in [-0.39, 0.29) is 0 Å². The highest BCUT2D eigenvalue weighted by Crippen LogP contribution is 2.38. The van der Waals surface area contributed by atoms with E-state index >= 15 is 0 Å². The van der Waals surface area contributed by atoms with Crippen LogP contribution >= 0.6 is 23.5 Å². The largest absolute Gasteiger partial charge is 0.309 e. The molecule has 2 rings (SSSR count). The molecule has 1 aliphatic rings. The summed E-state index contributed by atoms with van der Waals surface area (Å²) in [5, 5.41) is 5.10. The highest BCUT2D eigenvalue weighted by Gasteiger charge is 2.30. The van der Waals surface area contributed by atoms with Crippen molar-refractivity contribution < 1.29 is 0 Å². The van der Waals surface area contributed by atoms with Crippen molar-refractivity contribution in [1.82, 2.24) is 5.32 Å². The molecule has 1 nitrogen and oxygen atoms in total. The van der Waals surface area contributed by atoms with Crippen molar-refractivity contribution in [3.05, 3.63) is 35.4 Å². The highest BCUT2D eigenvalue weighted by atomic mass is 32.2. The fraction of sp³-hybridized carbons (Fsp3) is 0.600. The van der Waals surface area contributed by atoms with Crippen molar-refractivity contribution in [2.24, 2.45) is 0 Å². The lowest BCUT2D eigenvalue weighted by Crippen LogP contribution is -2.37. The Morgan fingerprint density at radius 1 is 1.22 bits per heavy atom. The van der Waals surface area contributed by atoms with Gasteiger partial charge in [-0.1, -0.05) is 43.7 Å². The first kappa shape index (κ1) is 14.3. The molecule has 3 heteroatoms. The lowest BCUT2D eigenvalue weighted by Gasteiger charge is -2.35. The molecule has 3 atom stereocenters. The minimum atomic E-state index is 0.489. The van der Waals surface area contributed by atoms with Crippen LogP contribution in [0.15, 0.2) is 24.3 Å². The zero-order valence-electron chi connectivity index (χ0n) is 11.5. The topological polar surface area (TPSA) is 12.0 Å². The van der Waals surface area contributed by atoms with Gasteiger partial charge in [-0.25, -0.2) is 0 Å². The average molecular weight is 281 g/mol. The van der Waals surface area contributed by atoms with E-state index in [1.165, 1.54) is 22.6 Å². The van der Waals surface area contributed by atoms with E-state index in [0.717, 1.165) is 11.8 Å². The third kappa shape index (κ3) is 3.46. The van der Waals surface area contributed by atoms with Crippen LogP contribution in [-0.2, 0) is 0 Å². The zero-order chi connectivity index (χ0) is 13.0. The Kier molecular flexibility index (Phi) is 5.46. The van der Waals surface area contributed by atoms with Crippen LogP contribution in [0.1, 0.15) is 31.0 Å². The van der Waals surface area contributed by atoms with Gasteiger partial charge in [-0.15, -0.1) is 0 Å². The second kappa shape index (κ2) is 6.88. The number of hydrogen-bond acceptors (Lipinski definition) is 3. The fourth-order valence-electron chi connectivity index (χ4n) is 2.43. The molecule has 3 unspecified atom stereocenters. The summed E-state index contributed by atoms with van der Waals surface area (Å²) in [5.41, 5.74) is 2.78. The van der Waals surface area contributed by atoms with Crippen LogP contribution in [0.4, 0.5) is 0 Å². The first-order chi connectivity index (χ1) is 8.72. The molecule has 100 valence electrons. The predicted molar refractivity (Wildman–Crippen MR) is 85.8 cm³/mol. The van der Waals surface area contributed by atoms with Gasteiger partial charge in [-0.2, -0.15) is 23.5 Å². The molecular formula is C15H23NS2. The molecular weight excluding hydrogens is 258 g/mol. The minimum absolute atomic E-state index is 0.489. The van der Waals surface area contributed by atoms with E-state index < -0.39 is 0 Å². The Morgan fingerprint density at radius 2 is 1.89 bits per heavy atom. The second-order valence-electron chi connectivity index (χ2n) is 4.86. The molecule has 18 heavy (non-hydrogen) atoms. The molecule has 1 saturated heterocycles. The molecule has 0 bridgehead atoms. The molecule has 0 amide bonds. The van der Waals surface area contributed by atoms with Crippen LogP contribution in [0.5, 0.6) is 0 Å². The number of hydrogen-bond donors (Lipinski definition) is 1. The molecule has 0 saturated carbocycles. The first-order valence-electron chi connectivity index (χ1n) is 6.75. The second-order valence-corrected chi connectivity index (χ2v) is 7.63. The van der Waals surface area contributed by atoms with E-state index in [4.69, 9.17) is 0 Å². The number of thioether (sulfide) groups is 2. The van der Waals surface area contributed by atoms with Crippen LogP contribution in [0.3, 0.4) is 0 Å². The van der Waals surface area contributed by atoms with Crippen molar-refractivity contribution in [2.75, 3.05) is 18.1 Å². The molecule has 1 aromatic carbocycles. The molecule has 1 fully saturated rings. The van der Waals surface area contributed by atoms with E-state index in [9.17, 15) is 0 Å². The summed E-state index contributed by atoms with van der Waals surface area (Å²) in [7, 11) is 0. The van der Waals surface area contributed by atoms with E-state index in [0.29, 0.717) is 11.3 Å². The molecule has 1 aromatic rings. The maximum absolute atomic E-state index is 3.68. The molecule has 0 spiro atoms. The van der Waals surface area contributed by atoms with Crippen LogP contribution in [0, 0.1) is 6.92 Å². The molecule has 1 N–H and O–H groups in total. The number of benzene rings is 1. The van der Waals surface area contributed by atoms with Crippen molar-refractivity contribution in [1.29, 1.82) is 0 Å². The summed E-state index contributed by atoms with van der Waals surface area (Å²) < 4.78 is 0. The molecule has 0 aromatic heterocycles. The average Bonchev–Trinajstić information content (AvgIpc) is 2.38. The van der Waals surface area contributed by atoms with E-state index in [1.54, 1.807) is 0 Å². The van der Waals surface area contributed by atoms with Gasteiger partial charge in [0.05, 0.1) is 0 Å². The van der Waals surface area contributed by atoms with Gasteiger partial charge in [-0.05, 0) is 19.0 Å². The summed E-state index contributed by atoms with van der Waals surface area (Å²) in [6.07, 6.45) is 0. The van der Waals surface area contributed by atoms with Gasteiger partial charge in [0.2, 0.25) is 0 Å². The normalized spacial score (nSPS) is 25.9. The Labute approximate surface area is 120 Å². The monoisotopic (exact) mass is 281 g/mol. The van der Waals surface area contributed by atoms with E-state index in [1.807, 2.05) is 0 Å². The molecule has 1 heterocycles. The standard InChI is InChI=1S/C15H23NS2/c1-4-16-14(13-7-5-11(2)6-8-13)15-12(3)17-9-10-18-15/h5-8,12,14-16H,4,9-10H2,1-3H3. The van der Waals surface area contributed by atoms with Crippen molar-refractivity contribution in [3.63, 3.8) is 0 Å². The summed E-state index contributed by atoms with van der Waals surface area (Å²) in [6, 6.07) is 9.52. The molecule has 1 aliphatic heterocycles. The first-order valence-corrected chi connectivity index (χ1v) is 8.85. The number of aryl methyl sites for hydroxylation is 1. The highest BCUT2D eigenvalue weighted by molar-refractivity contribution is 8.07. The van der Waals surface area contributed by atoms with Crippen molar-refractivity contribution >= 4 is 23.5 Å². The fourth-order valence-corrected chi connectivity index (χ4v) is 5.38. The Morgan fingerprint density at radius 3 is 2.50 bits per heavy atom. The Hall–Kier alpha value is -0.120. The SMILES string of the molecule is CCNC(c1ccc(C)cc1)C1SCCSC1C. The predicted octanol–water partition coefficient (Wildman–Crippen LogP) is 3.88. The van der Waals surface area contributed by atoms with Crippen molar-refractivity contribution in [3.8, 4) is 0 Å². The van der Waals surface area contributed by atoms with Gasteiger partial charge < -0.3 is 5.32 Å². The van der Waals surface area contributed by atoms with Crippen LogP contribution in [0.25, 0.3) is 0 Å². The third-order valence-corrected chi connectivity index (χ3v) is 6.62. The minimum Gasteiger partial charge on any atom is -0.309 e. The van der Waals surface area contributed by atoms with E-state index in [2.05, 4.69) is 73.9 Å². The van der Waals surface area contributed by atoms with Gasteiger partial charge in [0.25, 0.3) is 0 Å². The Balaban J connectivity index is 2.18. The lowest BCUT2D eigenvalue weighted by atomic mass is 10.0. The zero-order valence-corrected chi connectivity index (χ0v) is 13.1. The third-order valence-electron chi connectivity index (χ3n) is 3.43. The van der Waals surface area contributed by atoms with Crippen LogP contribution in [0.2, 0.25) is 0 Å². The van der Waals surface area contributed by atoms with Gasteiger partial charge >= 0.3 is 0 Å². The van der Waals surface area contributed by atoms with Crippen LogP contribution < -0.4 is 5.32 Å². The molecule has 0 aliphatic carbocycles. The summed E-state index contributed by atoms with van der Waals surface area (Å²) in [5.74, 6) is 2.59. The van der Waals surface area contributed by atoms with Gasteiger partial charge in [0, 0.05) is 28.0 Å². The molecule has 0 radical (unpaired) electrons.